The number of aromatic nitrogens is 2. The Kier molecular flexibility index (Phi) is 3.40. The highest BCUT2D eigenvalue weighted by Crippen LogP contribution is 2.23. The first-order valence-corrected chi connectivity index (χ1v) is 6.76. The van der Waals surface area contributed by atoms with Crippen molar-refractivity contribution in [3.05, 3.63) is 51.4 Å². The van der Waals surface area contributed by atoms with Crippen LogP contribution >= 0.6 is 0 Å². The van der Waals surface area contributed by atoms with Gasteiger partial charge in [0.25, 0.3) is 5.56 Å². The first kappa shape index (κ1) is 13.7. The predicted octanol–water partition coefficient (Wildman–Crippen LogP) is 3.33. The van der Waals surface area contributed by atoms with E-state index in [4.69, 9.17) is 0 Å². The second-order valence-electron chi connectivity index (χ2n) is 6.05. The smallest absolute Gasteiger partial charge is 0.274 e. The highest BCUT2D eigenvalue weighted by molar-refractivity contribution is 5.37. The Morgan fingerprint density at radius 3 is 2.42 bits per heavy atom. The first-order chi connectivity index (χ1) is 8.84. The third-order valence-electron chi connectivity index (χ3n) is 3.35. The van der Waals surface area contributed by atoms with Crippen molar-refractivity contribution in [2.24, 2.45) is 0 Å². The molecule has 2 aromatic rings. The molecular formula is C16H22N2O. The molecule has 0 aliphatic heterocycles. The van der Waals surface area contributed by atoms with Crippen molar-refractivity contribution in [3.63, 3.8) is 0 Å². The molecule has 0 saturated heterocycles. The fraction of sp³-hybridized carbons (Fsp3) is 0.438. The van der Waals surface area contributed by atoms with Crippen molar-refractivity contribution >= 4 is 0 Å². The van der Waals surface area contributed by atoms with Crippen LogP contribution in [0.25, 0.3) is 5.69 Å². The molecule has 1 N–H and O–H groups in total. The molecule has 0 radical (unpaired) electrons. The van der Waals surface area contributed by atoms with Gasteiger partial charge in [-0.3, -0.25) is 9.89 Å². The number of hydrogen-bond acceptors (Lipinski definition) is 1. The third-order valence-corrected chi connectivity index (χ3v) is 3.35. The fourth-order valence-corrected chi connectivity index (χ4v) is 2.37. The lowest BCUT2D eigenvalue weighted by Crippen LogP contribution is -2.17. The molecule has 0 bridgehead atoms. The second kappa shape index (κ2) is 4.72. The van der Waals surface area contributed by atoms with E-state index in [1.165, 1.54) is 0 Å². The summed E-state index contributed by atoms with van der Waals surface area (Å²) in [5, 5.41) is 3.29. The van der Waals surface area contributed by atoms with Crippen LogP contribution in [0.15, 0.2) is 29.1 Å². The minimum Gasteiger partial charge on any atom is -0.294 e. The van der Waals surface area contributed by atoms with Gasteiger partial charge in [-0.25, -0.2) is 4.68 Å². The molecule has 2 rings (SSSR count). The Hall–Kier alpha value is -1.77. The van der Waals surface area contributed by atoms with Crippen LogP contribution < -0.4 is 5.56 Å². The molecule has 3 heteroatoms. The molecule has 3 nitrogen and oxygen atoms in total. The van der Waals surface area contributed by atoms with Crippen LogP contribution in [-0.4, -0.2) is 9.78 Å². The van der Waals surface area contributed by atoms with Gasteiger partial charge in [0.2, 0.25) is 0 Å². The summed E-state index contributed by atoms with van der Waals surface area (Å²) in [6, 6.07) is 7.98. The highest BCUT2D eigenvalue weighted by atomic mass is 16.1. The summed E-state index contributed by atoms with van der Waals surface area (Å²) in [4.78, 5) is 12.5. The number of aromatic amines is 1. The maximum absolute atomic E-state index is 12.5. The van der Waals surface area contributed by atoms with Crippen molar-refractivity contribution in [2.45, 2.75) is 46.5 Å². The molecule has 0 aliphatic rings. The van der Waals surface area contributed by atoms with Gasteiger partial charge in [-0.1, -0.05) is 39.8 Å². The van der Waals surface area contributed by atoms with Gasteiger partial charge in [0.05, 0.1) is 5.69 Å². The minimum atomic E-state index is -0.0560. The maximum Gasteiger partial charge on any atom is 0.274 e. The summed E-state index contributed by atoms with van der Waals surface area (Å²) in [6.45, 7) is 10.4. The SMILES string of the molecule is CCc1c(C(C)(C)C)[nH]n(-c2cccc(C)c2)c1=O. The van der Waals surface area contributed by atoms with Crippen LogP contribution in [0.3, 0.4) is 0 Å². The lowest BCUT2D eigenvalue weighted by Gasteiger charge is -2.17. The zero-order chi connectivity index (χ0) is 14.2. The number of H-pyrrole nitrogens is 1. The fourth-order valence-electron chi connectivity index (χ4n) is 2.37. The van der Waals surface area contributed by atoms with Gasteiger partial charge in [-0.2, -0.15) is 0 Å². The van der Waals surface area contributed by atoms with Gasteiger partial charge >= 0.3 is 0 Å². The molecule has 0 saturated carbocycles. The molecule has 1 aromatic carbocycles. The van der Waals surface area contributed by atoms with E-state index >= 15 is 0 Å². The summed E-state index contributed by atoms with van der Waals surface area (Å²) in [7, 11) is 0. The van der Waals surface area contributed by atoms with E-state index in [-0.39, 0.29) is 11.0 Å². The summed E-state index contributed by atoms with van der Waals surface area (Å²) in [5.74, 6) is 0. The predicted molar refractivity (Wildman–Crippen MR) is 79.2 cm³/mol. The molecule has 0 fully saturated rings. The second-order valence-corrected chi connectivity index (χ2v) is 6.05. The minimum absolute atomic E-state index is 0.0560. The van der Waals surface area contributed by atoms with Crippen LogP contribution in [0.4, 0.5) is 0 Å². The van der Waals surface area contributed by atoms with E-state index in [0.29, 0.717) is 0 Å². The number of nitrogens with one attached hydrogen (secondary N) is 1. The number of rotatable bonds is 2. The molecule has 0 spiro atoms. The Morgan fingerprint density at radius 1 is 1.26 bits per heavy atom. The van der Waals surface area contributed by atoms with Gasteiger partial charge in [-0.05, 0) is 31.0 Å². The Bertz CT molecular complexity index is 641. The highest BCUT2D eigenvalue weighted by Gasteiger charge is 2.23. The van der Waals surface area contributed by atoms with Gasteiger partial charge in [0.15, 0.2) is 0 Å². The standard InChI is InChI=1S/C16H22N2O/c1-6-13-14(16(3,4)5)17-18(15(13)19)12-9-7-8-11(2)10-12/h7-10,17H,6H2,1-5H3. The summed E-state index contributed by atoms with van der Waals surface area (Å²) in [6.07, 6.45) is 0.751. The van der Waals surface area contributed by atoms with E-state index in [1.807, 2.05) is 38.1 Å². The summed E-state index contributed by atoms with van der Waals surface area (Å²) in [5.41, 5.74) is 3.97. The number of nitrogens with zero attached hydrogens (tertiary/aromatic N) is 1. The van der Waals surface area contributed by atoms with Crippen LogP contribution in [0.5, 0.6) is 0 Å². The zero-order valence-corrected chi connectivity index (χ0v) is 12.4. The molecule has 0 atom stereocenters. The third kappa shape index (κ3) is 2.50. The van der Waals surface area contributed by atoms with Crippen LogP contribution in [0, 0.1) is 6.92 Å². The largest absolute Gasteiger partial charge is 0.294 e. The molecule has 0 amide bonds. The average Bonchev–Trinajstić information content (AvgIpc) is 2.66. The first-order valence-electron chi connectivity index (χ1n) is 6.76. The molecule has 19 heavy (non-hydrogen) atoms. The molecule has 0 unspecified atom stereocenters. The Labute approximate surface area is 114 Å². The zero-order valence-electron chi connectivity index (χ0n) is 12.4. The summed E-state index contributed by atoms with van der Waals surface area (Å²) < 4.78 is 1.66. The van der Waals surface area contributed by atoms with Gasteiger partial charge in [0.1, 0.15) is 0 Å². The van der Waals surface area contributed by atoms with Crippen molar-refractivity contribution < 1.29 is 0 Å². The number of benzene rings is 1. The monoisotopic (exact) mass is 258 g/mol. The van der Waals surface area contributed by atoms with Crippen molar-refractivity contribution in [2.75, 3.05) is 0 Å². The van der Waals surface area contributed by atoms with Gasteiger partial charge in [0, 0.05) is 16.7 Å². The quantitative estimate of drug-likeness (QED) is 0.881. The Balaban J connectivity index is 2.67. The Morgan fingerprint density at radius 2 is 1.95 bits per heavy atom. The van der Waals surface area contributed by atoms with E-state index in [1.54, 1.807) is 4.68 Å². The van der Waals surface area contributed by atoms with Crippen molar-refractivity contribution in [3.8, 4) is 5.69 Å². The molecule has 1 heterocycles. The van der Waals surface area contributed by atoms with E-state index < -0.39 is 0 Å². The molecule has 0 aliphatic carbocycles. The van der Waals surface area contributed by atoms with E-state index in [9.17, 15) is 4.79 Å². The van der Waals surface area contributed by atoms with Crippen LogP contribution in [-0.2, 0) is 11.8 Å². The summed E-state index contributed by atoms with van der Waals surface area (Å²) >= 11 is 0. The lowest BCUT2D eigenvalue weighted by molar-refractivity contribution is 0.555. The normalized spacial score (nSPS) is 11.8. The van der Waals surface area contributed by atoms with Crippen molar-refractivity contribution in [1.82, 2.24) is 9.78 Å². The maximum atomic E-state index is 12.5. The lowest BCUT2D eigenvalue weighted by atomic mass is 9.89. The number of hydrogen-bond donors (Lipinski definition) is 1. The van der Waals surface area contributed by atoms with Crippen molar-refractivity contribution in [1.29, 1.82) is 0 Å². The van der Waals surface area contributed by atoms with Gasteiger partial charge in [-0.15, -0.1) is 0 Å². The van der Waals surface area contributed by atoms with E-state index in [0.717, 1.165) is 28.9 Å². The van der Waals surface area contributed by atoms with Crippen LogP contribution in [0.1, 0.15) is 44.5 Å². The topological polar surface area (TPSA) is 37.8 Å². The number of aryl methyl sites for hydroxylation is 1. The van der Waals surface area contributed by atoms with Crippen LogP contribution in [0.2, 0.25) is 0 Å². The average molecular weight is 258 g/mol. The van der Waals surface area contributed by atoms with Gasteiger partial charge < -0.3 is 0 Å². The molecule has 1 aromatic heterocycles. The van der Waals surface area contributed by atoms with E-state index in [2.05, 4.69) is 25.9 Å². The molecule has 102 valence electrons. The molecular weight excluding hydrogens is 236 g/mol.